The predicted molar refractivity (Wildman–Crippen MR) is 136 cm³/mol. The number of unbranched alkanes of at least 4 members (excludes halogenated alkanes) is 8. The van der Waals surface area contributed by atoms with Gasteiger partial charge >= 0.3 is 0 Å². The van der Waals surface area contributed by atoms with Crippen LogP contribution in [0.1, 0.15) is 87.3 Å². The first-order valence-electron chi connectivity index (χ1n) is 12.5. The Kier molecular flexibility index (Phi) is 10.2. The van der Waals surface area contributed by atoms with Crippen LogP contribution in [0.25, 0.3) is 0 Å². The number of hydrogen-bond donors (Lipinski definition) is 2. The smallest absolute Gasteiger partial charge is 0.119 e. The van der Waals surface area contributed by atoms with Crippen LogP contribution >= 0.6 is 0 Å². The standard InChI is InChI=1S/C30H38O3/c1-2-3-4-5-6-7-8-9-10-23-33-29-21-15-26(16-22-29)30(24-11-17-27(31)18-12-24)25-13-19-28(32)20-14-25/h11-22,30-32H,2-10,23H2,1H3. The van der Waals surface area contributed by atoms with Crippen LogP contribution in [0.5, 0.6) is 17.2 Å². The fraction of sp³-hybridized carbons (Fsp3) is 0.400. The predicted octanol–water partition coefficient (Wildman–Crippen LogP) is 8.19. The van der Waals surface area contributed by atoms with Crippen molar-refractivity contribution in [2.75, 3.05) is 6.61 Å². The molecule has 0 bridgehead atoms. The van der Waals surface area contributed by atoms with Crippen molar-refractivity contribution in [3.63, 3.8) is 0 Å². The van der Waals surface area contributed by atoms with E-state index < -0.39 is 0 Å². The molecule has 3 nitrogen and oxygen atoms in total. The Morgan fingerprint density at radius 3 is 1.39 bits per heavy atom. The molecule has 0 unspecified atom stereocenters. The van der Waals surface area contributed by atoms with Crippen LogP contribution in [0.15, 0.2) is 72.8 Å². The lowest BCUT2D eigenvalue weighted by Gasteiger charge is -2.19. The highest BCUT2D eigenvalue weighted by molar-refractivity contribution is 5.46. The molecule has 2 N–H and O–H groups in total. The van der Waals surface area contributed by atoms with E-state index >= 15 is 0 Å². The summed E-state index contributed by atoms with van der Waals surface area (Å²) in [6, 6.07) is 22.9. The van der Waals surface area contributed by atoms with Gasteiger partial charge in [0.25, 0.3) is 0 Å². The van der Waals surface area contributed by atoms with Crippen molar-refractivity contribution in [2.24, 2.45) is 0 Å². The summed E-state index contributed by atoms with van der Waals surface area (Å²) in [5.74, 6) is 1.41. The number of aromatic hydroxyl groups is 2. The summed E-state index contributed by atoms with van der Waals surface area (Å²) in [6.07, 6.45) is 11.8. The molecule has 176 valence electrons. The maximum Gasteiger partial charge on any atom is 0.119 e. The Morgan fingerprint density at radius 2 is 0.939 bits per heavy atom. The second kappa shape index (κ2) is 13.6. The van der Waals surface area contributed by atoms with Gasteiger partial charge in [-0.15, -0.1) is 0 Å². The van der Waals surface area contributed by atoms with Crippen molar-refractivity contribution in [2.45, 2.75) is 70.6 Å². The normalized spacial score (nSPS) is 11.1. The Morgan fingerprint density at radius 1 is 0.545 bits per heavy atom. The van der Waals surface area contributed by atoms with Gasteiger partial charge in [-0.2, -0.15) is 0 Å². The van der Waals surface area contributed by atoms with E-state index in [9.17, 15) is 10.2 Å². The third-order valence-corrected chi connectivity index (χ3v) is 6.18. The summed E-state index contributed by atoms with van der Waals surface area (Å²) in [5.41, 5.74) is 3.31. The molecule has 0 radical (unpaired) electrons. The summed E-state index contributed by atoms with van der Waals surface area (Å²) in [7, 11) is 0. The molecule has 0 aliphatic carbocycles. The van der Waals surface area contributed by atoms with E-state index in [4.69, 9.17) is 4.74 Å². The molecule has 3 heteroatoms. The molecule has 0 aromatic heterocycles. The van der Waals surface area contributed by atoms with Gasteiger partial charge in [-0.1, -0.05) is 94.7 Å². The number of rotatable bonds is 14. The molecule has 0 amide bonds. The highest BCUT2D eigenvalue weighted by Gasteiger charge is 2.17. The summed E-state index contributed by atoms with van der Waals surface area (Å²) in [6.45, 7) is 3.02. The molecule has 33 heavy (non-hydrogen) atoms. The Balaban J connectivity index is 1.53. The Bertz CT molecular complexity index is 869. The van der Waals surface area contributed by atoms with Crippen LogP contribution < -0.4 is 4.74 Å². The number of benzene rings is 3. The largest absolute Gasteiger partial charge is 0.508 e. The monoisotopic (exact) mass is 446 g/mol. The van der Waals surface area contributed by atoms with Gasteiger partial charge in [0.15, 0.2) is 0 Å². The Hall–Kier alpha value is -2.94. The molecule has 0 fully saturated rings. The third-order valence-electron chi connectivity index (χ3n) is 6.18. The topological polar surface area (TPSA) is 49.7 Å². The molecule has 0 saturated carbocycles. The maximum atomic E-state index is 9.70. The number of hydrogen-bond acceptors (Lipinski definition) is 3. The molecule has 0 aliphatic heterocycles. The molecule has 0 atom stereocenters. The van der Waals surface area contributed by atoms with E-state index in [0.29, 0.717) is 0 Å². The lowest BCUT2D eigenvalue weighted by atomic mass is 9.85. The molecular weight excluding hydrogens is 408 g/mol. The molecule has 0 saturated heterocycles. The summed E-state index contributed by atoms with van der Waals surface area (Å²) >= 11 is 0. The van der Waals surface area contributed by atoms with Gasteiger partial charge in [-0.05, 0) is 59.5 Å². The number of ether oxygens (including phenoxy) is 1. The fourth-order valence-electron chi connectivity index (χ4n) is 4.27. The first kappa shape index (κ1) is 24.7. The van der Waals surface area contributed by atoms with Crippen LogP contribution in [0.4, 0.5) is 0 Å². The number of phenolic OH excluding ortho intramolecular Hbond substituents is 2. The molecular formula is C30H38O3. The maximum absolute atomic E-state index is 9.70. The minimum Gasteiger partial charge on any atom is -0.508 e. The first-order chi connectivity index (χ1) is 16.2. The van der Waals surface area contributed by atoms with E-state index in [2.05, 4.69) is 19.1 Å². The minimum atomic E-state index is 0.0116. The van der Waals surface area contributed by atoms with Crippen LogP contribution in [0.2, 0.25) is 0 Å². The van der Waals surface area contributed by atoms with Crippen LogP contribution in [-0.2, 0) is 0 Å². The zero-order valence-corrected chi connectivity index (χ0v) is 19.9. The van der Waals surface area contributed by atoms with Crippen molar-refractivity contribution in [1.82, 2.24) is 0 Å². The van der Waals surface area contributed by atoms with Gasteiger partial charge in [-0.25, -0.2) is 0 Å². The lowest BCUT2D eigenvalue weighted by molar-refractivity contribution is 0.304. The summed E-state index contributed by atoms with van der Waals surface area (Å²) in [4.78, 5) is 0. The summed E-state index contributed by atoms with van der Waals surface area (Å²) < 4.78 is 5.98. The molecule has 3 aromatic carbocycles. The van der Waals surface area contributed by atoms with Gasteiger partial charge in [0.1, 0.15) is 17.2 Å². The zero-order valence-electron chi connectivity index (χ0n) is 19.9. The Labute approximate surface area is 199 Å². The van der Waals surface area contributed by atoms with Crippen molar-refractivity contribution < 1.29 is 14.9 Å². The average molecular weight is 447 g/mol. The molecule has 0 spiro atoms. The highest BCUT2D eigenvalue weighted by atomic mass is 16.5. The minimum absolute atomic E-state index is 0.0116. The van der Waals surface area contributed by atoms with E-state index in [-0.39, 0.29) is 17.4 Å². The van der Waals surface area contributed by atoms with E-state index in [1.165, 1.54) is 51.4 Å². The summed E-state index contributed by atoms with van der Waals surface area (Å²) in [5, 5.41) is 19.4. The van der Waals surface area contributed by atoms with Crippen LogP contribution in [-0.4, -0.2) is 16.8 Å². The van der Waals surface area contributed by atoms with Gasteiger partial charge in [0, 0.05) is 5.92 Å². The lowest BCUT2D eigenvalue weighted by Crippen LogP contribution is -2.04. The van der Waals surface area contributed by atoms with Gasteiger partial charge in [-0.3, -0.25) is 0 Å². The molecule has 3 aromatic rings. The van der Waals surface area contributed by atoms with Crippen molar-refractivity contribution >= 4 is 0 Å². The van der Waals surface area contributed by atoms with Crippen molar-refractivity contribution in [1.29, 1.82) is 0 Å². The van der Waals surface area contributed by atoms with Crippen LogP contribution in [0, 0.1) is 0 Å². The van der Waals surface area contributed by atoms with E-state index in [0.717, 1.165) is 35.5 Å². The van der Waals surface area contributed by atoms with Crippen LogP contribution in [0.3, 0.4) is 0 Å². The average Bonchev–Trinajstić information content (AvgIpc) is 2.84. The second-order valence-electron chi connectivity index (χ2n) is 8.86. The quantitative estimate of drug-likeness (QED) is 0.194. The molecule has 3 rings (SSSR count). The van der Waals surface area contributed by atoms with Gasteiger partial charge < -0.3 is 14.9 Å². The van der Waals surface area contributed by atoms with Crippen molar-refractivity contribution in [3.05, 3.63) is 89.5 Å². The highest BCUT2D eigenvalue weighted by Crippen LogP contribution is 2.34. The van der Waals surface area contributed by atoms with E-state index in [1.807, 2.05) is 36.4 Å². The SMILES string of the molecule is CCCCCCCCCCCOc1ccc(C(c2ccc(O)cc2)c2ccc(O)cc2)cc1. The second-order valence-corrected chi connectivity index (χ2v) is 8.86. The van der Waals surface area contributed by atoms with Gasteiger partial charge in [0.05, 0.1) is 6.61 Å². The fourth-order valence-corrected chi connectivity index (χ4v) is 4.27. The van der Waals surface area contributed by atoms with E-state index in [1.54, 1.807) is 24.3 Å². The zero-order chi connectivity index (χ0) is 23.3. The first-order valence-corrected chi connectivity index (χ1v) is 12.5. The molecule has 0 aliphatic rings. The van der Waals surface area contributed by atoms with Crippen molar-refractivity contribution in [3.8, 4) is 17.2 Å². The number of phenols is 2. The molecule has 0 heterocycles. The third kappa shape index (κ3) is 8.16. The van der Waals surface area contributed by atoms with Gasteiger partial charge in [0.2, 0.25) is 0 Å².